The van der Waals surface area contributed by atoms with Gasteiger partial charge in [-0.2, -0.15) is 0 Å². The summed E-state index contributed by atoms with van der Waals surface area (Å²) in [7, 11) is 0. The SMILES string of the molecule is CCNCc1sc(-c2cccs2)nc1-c1ccccc1. The van der Waals surface area contributed by atoms with E-state index in [1.165, 1.54) is 15.3 Å². The van der Waals surface area contributed by atoms with Gasteiger partial charge in [-0.1, -0.05) is 43.3 Å². The average molecular weight is 300 g/mol. The highest BCUT2D eigenvalue weighted by atomic mass is 32.1. The minimum atomic E-state index is 0.879. The summed E-state index contributed by atoms with van der Waals surface area (Å²) in [6.45, 7) is 3.98. The van der Waals surface area contributed by atoms with Crippen molar-refractivity contribution in [1.29, 1.82) is 0 Å². The first-order valence-electron chi connectivity index (χ1n) is 6.68. The van der Waals surface area contributed by atoms with Crippen molar-refractivity contribution < 1.29 is 0 Å². The van der Waals surface area contributed by atoms with Crippen LogP contribution in [0.3, 0.4) is 0 Å². The van der Waals surface area contributed by atoms with Crippen molar-refractivity contribution in [1.82, 2.24) is 10.3 Å². The summed E-state index contributed by atoms with van der Waals surface area (Å²) in [6, 6.07) is 14.6. The number of hydrogen-bond donors (Lipinski definition) is 1. The van der Waals surface area contributed by atoms with E-state index in [0.717, 1.165) is 23.8 Å². The average Bonchev–Trinajstić information content (AvgIpc) is 3.15. The normalized spacial score (nSPS) is 10.8. The summed E-state index contributed by atoms with van der Waals surface area (Å²) in [4.78, 5) is 7.42. The maximum absolute atomic E-state index is 4.86. The molecule has 0 radical (unpaired) electrons. The van der Waals surface area contributed by atoms with E-state index < -0.39 is 0 Å². The predicted octanol–water partition coefficient (Wildman–Crippen LogP) is 4.65. The molecule has 20 heavy (non-hydrogen) atoms. The lowest BCUT2D eigenvalue weighted by atomic mass is 10.1. The van der Waals surface area contributed by atoms with E-state index in [2.05, 4.69) is 54.0 Å². The third-order valence-corrected chi connectivity index (χ3v) is 5.11. The van der Waals surface area contributed by atoms with Gasteiger partial charge in [0.05, 0.1) is 10.6 Å². The van der Waals surface area contributed by atoms with Crippen LogP contribution in [0, 0.1) is 0 Å². The van der Waals surface area contributed by atoms with Crippen LogP contribution in [0.25, 0.3) is 21.1 Å². The zero-order valence-corrected chi connectivity index (χ0v) is 12.9. The van der Waals surface area contributed by atoms with Crippen LogP contribution in [0.5, 0.6) is 0 Å². The summed E-state index contributed by atoms with van der Waals surface area (Å²) >= 11 is 3.53. The summed E-state index contributed by atoms with van der Waals surface area (Å²) in [5.74, 6) is 0. The maximum Gasteiger partial charge on any atom is 0.134 e. The molecule has 1 aromatic carbocycles. The van der Waals surface area contributed by atoms with Crippen molar-refractivity contribution in [2.75, 3.05) is 6.54 Å². The Morgan fingerprint density at radius 2 is 1.95 bits per heavy atom. The first kappa shape index (κ1) is 13.5. The molecule has 0 saturated heterocycles. The van der Waals surface area contributed by atoms with Gasteiger partial charge in [0.15, 0.2) is 0 Å². The monoisotopic (exact) mass is 300 g/mol. The van der Waals surface area contributed by atoms with E-state index in [1.807, 2.05) is 6.07 Å². The highest BCUT2D eigenvalue weighted by Crippen LogP contribution is 2.35. The molecule has 0 aliphatic rings. The molecule has 2 heterocycles. The van der Waals surface area contributed by atoms with Crippen LogP contribution in [0.2, 0.25) is 0 Å². The number of hydrogen-bond acceptors (Lipinski definition) is 4. The van der Waals surface area contributed by atoms with E-state index in [9.17, 15) is 0 Å². The standard InChI is InChI=1S/C16H16N2S2/c1-2-17-11-14-15(12-7-4-3-5-8-12)18-16(20-14)13-9-6-10-19-13/h3-10,17H,2,11H2,1H3. The van der Waals surface area contributed by atoms with Gasteiger partial charge in [0.25, 0.3) is 0 Å². The highest BCUT2D eigenvalue weighted by molar-refractivity contribution is 7.21. The quantitative estimate of drug-likeness (QED) is 0.742. The van der Waals surface area contributed by atoms with Gasteiger partial charge in [0, 0.05) is 17.0 Å². The van der Waals surface area contributed by atoms with Gasteiger partial charge in [0.1, 0.15) is 5.01 Å². The molecular weight excluding hydrogens is 284 g/mol. The zero-order chi connectivity index (χ0) is 13.8. The molecule has 0 fully saturated rings. The van der Waals surface area contributed by atoms with Crippen LogP contribution in [-0.2, 0) is 6.54 Å². The van der Waals surface area contributed by atoms with Crippen LogP contribution < -0.4 is 5.32 Å². The smallest absolute Gasteiger partial charge is 0.134 e. The Labute approximate surface area is 127 Å². The Morgan fingerprint density at radius 1 is 1.10 bits per heavy atom. The maximum atomic E-state index is 4.86. The molecule has 2 nitrogen and oxygen atoms in total. The Bertz CT molecular complexity index is 657. The third kappa shape index (κ3) is 2.82. The van der Waals surface area contributed by atoms with Crippen LogP contribution in [0.1, 0.15) is 11.8 Å². The number of aromatic nitrogens is 1. The summed E-state index contributed by atoms with van der Waals surface area (Å²) in [5, 5.41) is 6.62. The second-order valence-electron chi connectivity index (χ2n) is 4.41. The molecule has 0 atom stereocenters. The lowest BCUT2D eigenvalue weighted by Crippen LogP contribution is -2.11. The van der Waals surface area contributed by atoms with Gasteiger partial charge < -0.3 is 5.32 Å². The Kier molecular flexibility index (Phi) is 4.25. The fourth-order valence-corrected chi connectivity index (χ4v) is 3.89. The molecule has 102 valence electrons. The number of nitrogens with zero attached hydrogens (tertiary/aromatic N) is 1. The molecule has 0 unspecified atom stereocenters. The van der Waals surface area contributed by atoms with Crippen molar-refractivity contribution in [3.05, 3.63) is 52.7 Å². The topological polar surface area (TPSA) is 24.9 Å². The van der Waals surface area contributed by atoms with Crippen molar-refractivity contribution in [3.8, 4) is 21.1 Å². The van der Waals surface area contributed by atoms with Gasteiger partial charge in [0.2, 0.25) is 0 Å². The second-order valence-corrected chi connectivity index (χ2v) is 6.45. The molecule has 3 rings (SSSR count). The van der Waals surface area contributed by atoms with E-state index in [-0.39, 0.29) is 0 Å². The van der Waals surface area contributed by atoms with Crippen molar-refractivity contribution in [2.45, 2.75) is 13.5 Å². The van der Waals surface area contributed by atoms with Crippen LogP contribution in [0.15, 0.2) is 47.8 Å². The number of benzene rings is 1. The van der Waals surface area contributed by atoms with Gasteiger partial charge in [-0.15, -0.1) is 22.7 Å². The van der Waals surface area contributed by atoms with Crippen molar-refractivity contribution >= 4 is 22.7 Å². The van der Waals surface area contributed by atoms with E-state index in [1.54, 1.807) is 22.7 Å². The van der Waals surface area contributed by atoms with Gasteiger partial charge in [-0.25, -0.2) is 4.98 Å². The Morgan fingerprint density at radius 3 is 2.65 bits per heavy atom. The first-order chi connectivity index (χ1) is 9.88. The molecule has 0 saturated carbocycles. The predicted molar refractivity (Wildman–Crippen MR) is 88.2 cm³/mol. The van der Waals surface area contributed by atoms with E-state index in [4.69, 9.17) is 4.98 Å². The van der Waals surface area contributed by atoms with E-state index in [0.29, 0.717) is 0 Å². The Hall–Kier alpha value is -1.49. The summed E-state index contributed by atoms with van der Waals surface area (Å²) < 4.78 is 0. The lowest BCUT2D eigenvalue weighted by molar-refractivity contribution is 0.735. The molecule has 0 amide bonds. The molecule has 0 bridgehead atoms. The van der Waals surface area contributed by atoms with Crippen LogP contribution in [-0.4, -0.2) is 11.5 Å². The second kappa shape index (κ2) is 6.31. The lowest BCUT2D eigenvalue weighted by Gasteiger charge is -2.02. The highest BCUT2D eigenvalue weighted by Gasteiger charge is 2.14. The molecular formula is C16H16N2S2. The minimum Gasteiger partial charge on any atom is -0.312 e. The molecule has 2 aromatic heterocycles. The van der Waals surface area contributed by atoms with Gasteiger partial charge >= 0.3 is 0 Å². The first-order valence-corrected chi connectivity index (χ1v) is 8.38. The fraction of sp³-hybridized carbons (Fsp3) is 0.188. The zero-order valence-electron chi connectivity index (χ0n) is 11.3. The summed E-state index contributed by atoms with van der Waals surface area (Å²) in [6.07, 6.45) is 0. The van der Waals surface area contributed by atoms with Crippen molar-refractivity contribution in [3.63, 3.8) is 0 Å². The molecule has 3 aromatic rings. The Balaban J connectivity index is 2.02. The molecule has 4 heteroatoms. The van der Waals surface area contributed by atoms with Crippen molar-refractivity contribution in [2.24, 2.45) is 0 Å². The van der Waals surface area contributed by atoms with Crippen LogP contribution in [0.4, 0.5) is 0 Å². The van der Waals surface area contributed by atoms with E-state index >= 15 is 0 Å². The third-order valence-electron chi connectivity index (χ3n) is 3.01. The fourth-order valence-electron chi connectivity index (χ4n) is 2.04. The number of thiazole rings is 1. The van der Waals surface area contributed by atoms with Gasteiger partial charge in [-0.3, -0.25) is 0 Å². The number of thiophene rings is 1. The number of rotatable bonds is 5. The minimum absolute atomic E-state index is 0.879. The largest absolute Gasteiger partial charge is 0.312 e. The van der Waals surface area contributed by atoms with Gasteiger partial charge in [-0.05, 0) is 18.0 Å². The molecule has 0 aliphatic heterocycles. The molecule has 1 N–H and O–H groups in total. The summed E-state index contributed by atoms with van der Waals surface area (Å²) in [5.41, 5.74) is 2.31. The molecule has 0 aliphatic carbocycles. The van der Waals surface area contributed by atoms with Crippen LogP contribution >= 0.6 is 22.7 Å². The number of nitrogens with one attached hydrogen (secondary N) is 1. The molecule has 0 spiro atoms.